The Hall–Kier alpha value is -2.72. The van der Waals surface area contributed by atoms with E-state index in [9.17, 15) is 5.26 Å². The van der Waals surface area contributed by atoms with Gasteiger partial charge in [0.05, 0.1) is 11.7 Å². The molecule has 3 rings (SSSR count). The molecular formula is C17H13BrN4O2. The van der Waals surface area contributed by atoms with E-state index in [1.54, 1.807) is 36.5 Å². The summed E-state index contributed by atoms with van der Waals surface area (Å²) < 4.78 is 11.6. The van der Waals surface area contributed by atoms with Gasteiger partial charge < -0.3 is 9.26 Å². The zero-order valence-corrected chi connectivity index (χ0v) is 14.6. The Morgan fingerprint density at radius 2 is 2.04 bits per heavy atom. The predicted molar refractivity (Wildman–Crippen MR) is 91.1 cm³/mol. The average Bonchev–Trinajstić information content (AvgIpc) is 3.05. The van der Waals surface area contributed by atoms with Gasteiger partial charge in [-0.15, -0.1) is 0 Å². The lowest BCUT2D eigenvalue weighted by molar-refractivity contribution is 0.242. The van der Waals surface area contributed by atoms with E-state index in [2.05, 4.69) is 37.1 Å². The van der Waals surface area contributed by atoms with E-state index in [0.717, 1.165) is 5.56 Å². The average molecular weight is 385 g/mol. The Bertz CT molecular complexity index is 915. The number of halogens is 1. The molecule has 3 aromatic rings. The molecule has 0 fully saturated rings. The van der Waals surface area contributed by atoms with Crippen molar-refractivity contribution in [2.45, 2.75) is 20.0 Å². The third-order valence-electron chi connectivity index (χ3n) is 3.12. The van der Waals surface area contributed by atoms with Crippen molar-refractivity contribution >= 4 is 15.9 Å². The first-order chi connectivity index (χ1) is 11.6. The lowest BCUT2D eigenvalue weighted by Gasteiger charge is -2.11. The highest BCUT2D eigenvalue weighted by atomic mass is 79.9. The standard InChI is InChI=1S/C17H13BrN4O2/c1-10(2)23-14-4-3-12(7-13(14)9-19)17-21-16(22-24-17)11-5-6-20-15(18)8-11/h3-8,10H,1-2H3. The van der Waals surface area contributed by atoms with Gasteiger partial charge in [-0.3, -0.25) is 0 Å². The summed E-state index contributed by atoms with van der Waals surface area (Å²) in [7, 11) is 0. The van der Waals surface area contributed by atoms with Crippen molar-refractivity contribution in [3.05, 3.63) is 46.7 Å². The zero-order valence-electron chi connectivity index (χ0n) is 13.0. The molecule has 24 heavy (non-hydrogen) atoms. The number of nitrogens with zero attached hydrogens (tertiary/aromatic N) is 4. The maximum atomic E-state index is 9.31. The van der Waals surface area contributed by atoms with Crippen LogP contribution in [-0.2, 0) is 0 Å². The van der Waals surface area contributed by atoms with Gasteiger partial charge in [0.25, 0.3) is 5.89 Å². The van der Waals surface area contributed by atoms with Gasteiger partial charge >= 0.3 is 0 Å². The fourth-order valence-electron chi connectivity index (χ4n) is 2.11. The molecule has 2 heterocycles. The molecule has 2 aromatic heterocycles. The van der Waals surface area contributed by atoms with Crippen LogP contribution in [0.4, 0.5) is 0 Å². The minimum absolute atomic E-state index is 0.0110. The van der Waals surface area contributed by atoms with Crippen LogP contribution < -0.4 is 4.74 Å². The fourth-order valence-corrected chi connectivity index (χ4v) is 2.47. The minimum atomic E-state index is -0.0110. The SMILES string of the molecule is CC(C)Oc1ccc(-c2nc(-c3ccnc(Br)c3)no2)cc1C#N. The summed E-state index contributed by atoms with van der Waals surface area (Å²) in [4.78, 5) is 8.45. The molecule has 0 saturated carbocycles. The largest absolute Gasteiger partial charge is 0.490 e. The zero-order chi connectivity index (χ0) is 17.1. The Morgan fingerprint density at radius 3 is 2.75 bits per heavy atom. The summed E-state index contributed by atoms with van der Waals surface area (Å²) in [6.07, 6.45) is 1.64. The van der Waals surface area contributed by atoms with Crippen LogP contribution in [-0.4, -0.2) is 21.2 Å². The highest BCUT2D eigenvalue weighted by Gasteiger charge is 2.14. The first-order valence-electron chi connectivity index (χ1n) is 7.23. The van der Waals surface area contributed by atoms with Gasteiger partial charge in [0.2, 0.25) is 5.82 Å². The molecule has 7 heteroatoms. The topological polar surface area (TPSA) is 84.8 Å². The lowest BCUT2D eigenvalue weighted by Crippen LogP contribution is -2.06. The summed E-state index contributed by atoms with van der Waals surface area (Å²) in [5.41, 5.74) is 1.87. The van der Waals surface area contributed by atoms with Crippen LogP contribution in [0.1, 0.15) is 19.4 Å². The maximum absolute atomic E-state index is 9.31. The molecule has 0 aliphatic rings. The summed E-state index contributed by atoms with van der Waals surface area (Å²) in [6.45, 7) is 3.82. The number of ether oxygens (including phenoxy) is 1. The molecule has 0 amide bonds. The maximum Gasteiger partial charge on any atom is 0.258 e. The summed E-state index contributed by atoms with van der Waals surface area (Å²) in [6, 6.07) is 10.9. The Labute approximate surface area is 147 Å². The number of benzene rings is 1. The van der Waals surface area contributed by atoms with E-state index < -0.39 is 0 Å². The van der Waals surface area contributed by atoms with Crippen molar-refractivity contribution in [1.82, 2.24) is 15.1 Å². The normalized spacial score (nSPS) is 10.6. The van der Waals surface area contributed by atoms with Crippen LogP contribution in [0.3, 0.4) is 0 Å². The van der Waals surface area contributed by atoms with Crippen molar-refractivity contribution in [2.24, 2.45) is 0 Å². The minimum Gasteiger partial charge on any atom is -0.490 e. The lowest BCUT2D eigenvalue weighted by atomic mass is 10.1. The van der Waals surface area contributed by atoms with Gasteiger partial charge in [-0.05, 0) is 60.1 Å². The number of hydrogen-bond acceptors (Lipinski definition) is 6. The summed E-state index contributed by atoms with van der Waals surface area (Å²) >= 11 is 3.31. The van der Waals surface area contributed by atoms with Crippen LogP contribution in [0.2, 0.25) is 0 Å². The van der Waals surface area contributed by atoms with E-state index in [-0.39, 0.29) is 6.10 Å². The van der Waals surface area contributed by atoms with Crippen molar-refractivity contribution in [1.29, 1.82) is 5.26 Å². The second kappa shape index (κ2) is 6.81. The molecule has 0 saturated heterocycles. The van der Waals surface area contributed by atoms with Crippen LogP contribution in [0.15, 0.2) is 45.7 Å². The van der Waals surface area contributed by atoms with Gasteiger partial charge in [-0.1, -0.05) is 5.16 Å². The molecule has 6 nitrogen and oxygen atoms in total. The number of aromatic nitrogens is 3. The molecule has 0 aliphatic carbocycles. The Balaban J connectivity index is 1.94. The molecule has 1 aromatic carbocycles. The van der Waals surface area contributed by atoms with Crippen LogP contribution >= 0.6 is 15.9 Å². The molecule has 120 valence electrons. The Morgan fingerprint density at radius 1 is 1.21 bits per heavy atom. The van der Waals surface area contributed by atoms with E-state index in [4.69, 9.17) is 9.26 Å². The van der Waals surface area contributed by atoms with Crippen molar-refractivity contribution in [3.8, 4) is 34.7 Å². The highest BCUT2D eigenvalue weighted by molar-refractivity contribution is 9.10. The van der Waals surface area contributed by atoms with Gasteiger partial charge in [0.1, 0.15) is 16.4 Å². The third kappa shape index (κ3) is 3.44. The van der Waals surface area contributed by atoms with Crippen molar-refractivity contribution in [2.75, 3.05) is 0 Å². The molecular weight excluding hydrogens is 372 g/mol. The van der Waals surface area contributed by atoms with Crippen LogP contribution in [0, 0.1) is 11.3 Å². The predicted octanol–water partition coefficient (Wildman–Crippen LogP) is 4.22. The number of rotatable bonds is 4. The third-order valence-corrected chi connectivity index (χ3v) is 3.55. The van der Waals surface area contributed by atoms with E-state index in [1.807, 2.05) is 13.8 Å². The molecule has 0 radical (unpaired) electrons. The summed E-state index contributed by atoms with van der Waals surface area (Å²) in [5.74, 6) is 1.33. The van der Waals surface area contributed by atoms with E-state index in [0.29, 0.717) is 33.2 Å². The second-order valence-corrected chi connectivity index (χ2v) is 6.09. The van der Waals surface area contributed by atoms with Gasteiger partial charge in [-0.2, -0.15) is 10.2 Å². The van der Waals surface area contributed by atoms with Gasteiger partial charge in [0, 0.05) is 17.3 Å². The first kappa shape index (κ1) is 16.1. The summed E-state index contributed by atoms with van der Waals surface area (Å²) in [5, 5.41) is 13.3. The molecule has 0 spiro atoms. The molecule has 0 bridgehead atoms. The monoisotopic (exact) mass is 384 g/mol. The first-order valence-corrected chi connectivity index (χ1v) is 8.03. The van der Waals surface area contributed by atoms with E-state index >= 15 is 0 Å². The van der Waals surface area contributed by atoms with Crippen molar-refractivity contribution in [3.63, 3.8) is 0 Å². The van der Waals surface area contributed by atoms with Gasteiger partial charge in [-0.25, -0.2) is 4.98 Å². The van der Waals surface area contributed by atoms with Crippen LogP contribution in [0.25, 0.3) is 22.8 Å². The number of pyridine rings is 1. The quantitative estimate of drug-likeness (QED) is 0.625. The molecule has 0 atom stereocenters. The molecule has 0 unspecified atom stereocenters. The Kier molecular flexibility index (Phi) is 4.58. The second-order valence-electron chi connectivity index (χ2n) is 5.28. The fraction of sp³-hybridized carbons (Fsp3) is 0.176. The number of nitriles is 1. The highest BCUT2D eigenvalue weighted by Crippen LogP contribution is 2.28. The van der Waals surface area contributed by atoms with Crippen LogP contribution in [0.5, 0.6) is 5.75 Å². The van der Waals surface area contributed by atoms with Gasteiger partial charge in [0.15, 0.2) is 0 Å². The molecule has 0 N–H and O–H groups in total. The van der Waals surface area contributed by atoms with E-state index in [1.165, 1.54) is 0 Å². The van der Waals surface area contributed by atoms with Crippen molar-refractivity contribution < 1.29 is 9.26 Å². The smallest absolute Gasteiger partial charge is 0.258 e. The molecule has 0 aliphatic heterocycles. The number of hydrogen-bond donors (Lipinski definition) is 0.